The molecule has 0 saturated heterocycles. The van der Waals surface area contributed by atoms with Crippen LogP contribution in [0.5, 0.6) is 0 Å². The minimum absolute atomic E-state index is 0.0317. The van der Waals surface area contributed by atoms with E-state index in [9.17, 15) is 0 Å². The van der Waals surface area contributed by atoms with Crippen LogP contribution in [0.15, 0.2) is 18.2 Å². The van der Waals surface area contributed by atoms with E-state index < -0.39 is 0 Å². The van der Waals surface area contributed by atoms with Crippen LogP contribution in [0.3, 0.4) is 0 Å². The first-order valence-corrected chi connectivity index (χ1v) is 6.18. The second-order valence-electron chi connectivity index (χ2n) is 5.42. The van der Waals surface area contributed by atoms with Crippen molar-refractivity contribution in [3.63, 3.8) is 0 Å². The van der Waals surface area contributed by atoms with Crippen molar-refractivity contribution < 1.29 is 0 Å². The van der Waals surface area contributed by atoms with E-state index in [1.165, 1.54) is 0 Å². The Labute approximate surface area is 109 Å². The summed E-state index contributed by atoms with van der Waals surface area (Å²) in [5, 5.41) is 0.735. The zero-order valence-electron chi connectivity index (χ0n) is 11.0. The molecule has 2 heteroatoms. The van der Waals surface area contributed by atoms with Gasteiger partial charge in [-0.3, -0.25) is 0 Å². The molecule has 1 unspecified atom stereocenters. The maximum atomic E-state index is 6.10. The molecule has 0 saturated carbocycles. The van der Waals surface area contributed by atoms with Crippen LogP contribution in [0.2, 0.25) is 5.02 Å². The van der Waals surface area contributed by atoms with Crippen molar-refractivity contribution in [3.8, 4) is 11.8 Å². The number of hydrogen-bond donors (Lipinski definition) is 1. The third-order valence-electron chi connectivity index (χ3n) is 2.28. The zero-order valence-corrected chi connectivity index (χ0v) is 11.7. The Morgan fingerprint density at radius 1 is 1.29 bits per heavy atom. The van der Waals surface area contributed by atoms with Gasteiger partial charge in [-0.2, -0.15) is 0 Å². The Kier molecular flexibility index (Phi) is 4.62. The van der Waals surface area contributed by atoms with Crippen molar-refractivity contribution in [2.24, 2.45) is 11.1 Å². The van der Waals surface area contributed by atoms with E-state index in [2.05, 4.69) is 38.7 Å². The van der Waals surface area contributed by atoms with Gasteiger partial charge in [0.05, 0.1) is 0 Å². The highest BCUT2D eigenvalue weighted by molar-refractivity contribution is 6.30. The molecule has 0 aliphatic heterocycles. The van der Waals surface area contributed by atoms with Crippen molar-refractivity contribution >= 4 is 11.6 Å². The van der Waals surface area contributed by atoms with Gasteiger partial charge in [-0.25, -0.2) is 0 Å². The molecule has 0 aliphatic carbocycles. The SMILES string of the molecule is Cc1cc(Cl)cc(C(N)CC#CC(C)(C)C)c1. The first-order valence-electron chi connectivity index (χ1n) is 5.80. The normalized spacial score (nSPS) is 12.8. The van der Waals surface area contributed by atoms with Gasteiger partial charge in [0.15, 0.2) is 0 Å². The fourth-order valence-corrected chi connectivity index (χ4v) is 1.82. The summed E-state index contributed by atoms with van der Waals surface area (Å²) in [6.07, 6.45) is 0.664. The van der Waals surface area contributed by atoms with Crippen LogP contribution >= 0.6 is 11.6 Å². The Morgan fingerprint density at radius 3 is 2.47 bits per heavy atom. The van der Waals surface area contributed by atoms with Gasteiger partial charge in [-0.1, -0.05) is 23.6 Å². The number of nitrogens with two attached hydrogens (primary N) is 1. The highest BCUT2D eigenvalue weighted by Gasteiger charge is 2.07. The van der Waals surface area contributed by atoms with Gasteiger partial charge in [0.2, 0.25) is 0 Å². The van der Waals surface area contributed by atoms with Gasteiger partial charge in [0.25, 0.3) is 0 Å². The summed E-state index contributed by atoms with van der Waals surface area (Å²) in [6.45, 7) is 8.29. The second kappa shape index (κ2) is 5.58. The quantitative estimate of drug-likeness (QED) is 0.785. The molecular weight excluding hydrogens is 230 g/mol. The van der Waals surface area contributed by atoms with Crippen LogP contribution in [0.1, 0.15) is 44.4 Å². The Hall–Kier alpha value is -0.970. The maximum Gasteiger partial charge on any atom is 0.0411 e. The summed E-state index contributed by atoms with van der Waals surface area (Å²) in [4.78, 5) is 0. The molecule has 1 aromatic carbocycles. The molecule has 0 radical (unpaired) electrons. The summed E-state index contributed by atoms with van der Waals surface area (Å²) >= 11 is 6.01. The molecule has 1 nitrogen and oxygen atoms in total. The lowest BCUT2D eigenvalue weighted by Gasteiger charge is -2.11. The lowest BCUT2D eigenvalue weighted by atomic mass is 9.96. The smallest absolute Gasteiger partial charge is 0.0411 e. The molecular formula is C15H20ClN. The maximum absolute atomic E-state index is 6.10. The van der Waals surface area contributed by atoms with Crippen LogP contribution in [0.25, 0.3) is 0 Å². The van der Waals surface area contributed by atoms with Crippen LogP contribution in [-0.4, -0.2) is 0 Å². The molecule has 0 spiro atoms. The van der Waals surface area contributed by atoms with Gasteiger partial charge in [-0.05, 0) is 51.0 Å². The Bertz CT molecular complexity index is 426. The van der Waals surface area contributed by atoms with E-state index in [4.69, 9.17) is 17.3 Å². The lowest BCUT2D eigenvalue weighted by molar-refractivity contribution is 0.569. The molecule has 1 aromatic rings. The zero-order chi connectivity index (χ0) is 13.1. The minimum Gasteiger partial charge on any atom is -0.323 e. The van der Waals surface area contributed by atoms with E-state index in [-0.39, 0.29) is 11.5 Å². The Morgan fingerprint density at radius 2 is 1.94 bits per heavy atom. The average molecular weight is 250 g/mol. The third kappa shape index (κ3) is 5.26. The van der Waals surface area contributed by atoms with Gasteiger partial charge < -0.3 is 5.73 Å². The number of benzene rings is 1. The predicted octanol–water partition coefficient (Wildman–Crippen LogP) is 4.09. The van der Waals surface area contributed by atoms with Crippen molar-refractivity contribution in [1.82, 2.24) is 0 Å². The van der Waals surface area contributed by atoms with Crippen molar-refractivity contribution in [3.05, 3.63) is 34.3 Å². The highest BCUT2D eigenvalue weighted by Crippen LogP contribution is 2.21. The number of hydrogen-bond acceptors (Lipinski definition) is 1. The first-order chi connectivity index (χ1) is 7.78. The van der Waals surface area contributed by atoms with Gasteiger partial charge in [0, 0.05) is 22.9 Å². The number of aryl methyl sites for hydroxylation is 1. The molecule has 17 heavy (non-hydrogen) atoms. The van der Waals surface area contributed by atoms with Crippen molar-refractivity contribution in [2.75, 3.05) is 0 Å². The average Bonchev–Trinajstić information content (AvgIpc) is 2.13. The summed E-state index contributed by atoms with van der Waals surface area (Å²) in [7, 11) is 0. The molecule has 1 rings (SSSR count). The molecule has 92 valence electrons. The van der Waals surface area contributed by atoms with Crippen LogP contribution in [0, 0.1) is 24.2 Å². The predicted molar refractivity (Wildman–Crippen MR) is 75.0 cm³/mol. The Balaban J connectivity index is 2.76. The molecule has 1 atom stereocenters. The van der Waals surface area contributed by atoms with Crippen molar-refractivity contribution in [1.29, 1.82) is 0 Å². The topological polar surface area (TPSA) is 26.0 Å². The first kappa shape index (κ1) is 14.1. The van der Waals surface area contributed by atoms with Gasteiger partial charge in [-0.15, -0.1) is 5.92 Å². The third-order valence-corrected chi connectivity index (χ3v) is 2.50. The summed E-state index contributed by atoms with van der Waals surface area (Å²) < 4.78 is 0. The van der Waals surface area contributed by atoms with E-state index in [1.807, 2.05) is 19.1 Å². The van der Waals surface area contributed by atoms with Crippen LogP contribution in [-0.2, 0) is 0 Å². The highest BCUT2D eigenvalue weighted by atomic mass is 35.5. The van der Waals surface area contributed by atoms with E-state index in [0.29, 0.717) is 6.42 Å². The molecule has 0 fully saturated rings. The van der Waals surface area contributed by atoms with Crippen LogP contribution in [0.4, 0.5) is 0 Å². The summed E-state index contributed by atoms with van der Waals surface area (Å²) in [5.41, 5.74) is 8.32. The van der Waals surface area contributed by atoms with E-state index >= 15 is 0 Å². The number of rotatable bonds is 2. The summed E-state index contributed by atoms with van der Waals surface area (Å²) in [6, 6.07) is 5.84. The molecule has 2 N–H and O–H groups in total. The largest absolute Gasteiger partial charge is 0.323 e. The monoisotopic (exact) mass is 249 g/mol. The molecule has 0 heterocycles. The number of halogens is 1. The summed E-state index contributed by atoms with van der Waals surface area (Å²) in [5.74, 6) is 6.33. The molecule has 0 aliphatic rings. The van der Waals surface area contributed by atoms with Gasteiger partial charge >= 0.3 is 0 Å². The fraction of sp³-hybridized carbons (Fsp3) is 0.467. The van der Waals surface area contributed by atoms with E-state index in [0.717, 1.165) is 16.1 Å². The van der Waals surface area contributed by atoms with Gasteiger partial charge in [0.1, 0.15) is 0 Å². The molecule has 0 bridgehead atoms. The second-order valence-corrected chi connectivity index (χ2v) is 5.86. The minimum atomic E-state index is -0.0674. The van der Waals surface area contributed by atoms with E-state index in [1.54, 1.807) is 0 Å². The van der Waals surface area contributed by atoms with Crippen molar-refractivity contribution in [2.45, 2.75) is 40.2 Å². The standard InChI is InChI=1S/C15H20ClN/c1-11-8-12(10-13(16)9-11)14(17)6-5-7-15(2,3)4/h8-10,14H,6,17H2,1-4H3. The molecule has 0 amide bonds. The molecule has 0 aromatic heterocycles. The fourth-order valence-electron chi connectivity index (χ4n) is 1.52. The van der Waals surface area contributed by atoms with Crippen LogP contribution < -0.4 is 5.73 Å². The lowest BCUT2D eigenvalue weighted by Crippen LogP contribution is -2.10.